The molecular formula is C19H23NO5. The van der Waals surface area contributed by atoms with Crippen LogP contribution in [0.4, 0.5) is 0 Å². The van der Waals surface area contributed by atoms with Crippen LogP contribution in [0.1, 0.15) is 49.9 Å². The van der Waals surface area contributed by atoms with Gasteiger partial charge in [-0.2, -0.15) is 0 Å². The Balaban J connectivity index is 1.78. The molecule has 1 aromatic carbocycles. The molecule has 3 rings (SSSR count). The topological polar surface area (TPSA) is 72.9 Å². The highest BCUT2D eigenvalue weighted by atomic mass is 16.5. The molecule has 1 amide bonds. The predicted molar refractivity (Wildman–Crippen MR) is 90.4 cm³/mol. The fraction of sp³-hybridized carbons (Fsp3) is 0.526. The van der Waals surface area contributed by atoms with Gasteiger partial charge in [0.15, 0.2) is 5.78 Å². The lowest BCUT2D eigenvalue weighted by atomic mass is 9.84. The van der Waals surface area contributed by atoms with Crippen molar-refractivity contribution in [3.63, 3.8) is 0 Å². The fourth-order valence-electron chi connectivity index (χ4n) is 3.57. The molecule has 2 atom stereocenters. The molecule has 0 aliphatic carbocycles. The third-order valence-corrected chi connectivity index (χ3v) is 5.02. The molecule has 0 aromatic heterocycles. The number of hydrogen-bond acceptors (Lipinski definition) is 5. The number of nitrogens with zero attached hydrogens (tertiary/aromatic N) is 1. The van der Waals surface area contributed by atoms with E-state index in [1.807, 2.05) is 12.1 Å². The summed E-state index contributed by atoms with van der Waals surface area (Å²) in [6.45, 7) is 4.07. The first-order valence-corrected chi connectivity index (χ1v) is 8.73. The third kappa shape index (κ3) is 3.38. The molecule has 0 unspecified atom stereocenters. The van der Waals surface area contributed by atoms with Crippen molar-refractivity contribution >= 4 is 17.7 Å². The molecule has 1 saturated heterocycles. The molecule has 1 fully saturated rings. The van der Waals surface area contributed by atoms with Crippen LogP contribution in [0.25, 0.3) is 0 Å². The molecule has 6 heteroatoms. The number of rotatable bonds is 3. The predicted octanol–water partition coefficient (Wildman–Crippen LogP) is 2.35. The first-order chi connectivity index (χ1) is 12.0. The van der Waals surface area contributed by atoms with Gasteiger partial charge in [0.2, 0.25) is 5.91 Å². The lowest BCUT2D eigenvalue weighted by Crippen LogP contribution is -2.45. The summed E-state index contributed by atoms with van der Waals surface area (Å²) in [5.74, 6) is 0.115. The SMILES string of the molecule is CCOC(=O)[C@@H](C)N1CC[C@]2(CCC1=O)CC(=O)c1ccccc1O2. The number of carbonyl (C=O) groups excluding carboxylic acids is 3. The van der Waals surface area contributed by atoms with E-state index in [9.17, 15) is 14.4 Å². The number of fused-ring (bicyclic) bond motifs is 1. The van der Waals surface area contributed by atoms with Crippen LogP contribution in [0.3, 0.4) is 0 Å². The minimum absolute atomic E-state index is 0.0428. The van der Waals surface area contributed by atoms with Crippen LogP contribution in [0.15, 0.2) is 24.3 Å². The van der Waals surface area contributed by atoms with E-state index >= 15 is 0 Å². The molecular weight excluding hydrogens is 322 g/mol. The van der Waals surface area contributed by atoms with Crippen LogP contribution in [0.2, 0.25) is 0 Å². The molecule has 0 bridgehead atoms. The van der Waals surface area contributed by atoms with Gasteiger partial charge in [0.05, 0.1) is 18.6 Å². The Morgan fingerprint density at radius 1 is 1.32 bits per heavy atom. The molecule has 0 N–H and O–H groups in total. The Hall–Kier alpha value is -2.37. The van der Waals surface area contributed by atoms with Gasteiger partial charge in [0.1, 0.15) is 17.4 Å². The zero-order chi connectivity index (χ0) is 18.0. The van der Waals surface area contributed by atoms with Gasteiger partial charge in [-0.3, -0.25) is 9.59 Å². The molecule has 2 aliphatic rings. The molecule has 0 saturated carbocycles. The van der Waals surface area contributed by atoms with Crippen LogP contribution in [0.5, 0.6) is 5.75 Å². The van der Waals surface area contributed by atoms with E-state index in [-0.39, 0.29) is 31.1 Å². The van der Waals surface area contributed by atoms with Gasteiger partial charge >= 0.3 is 5.97 Å². The number of para-hydroxylation sites is 1. The van der Waals surface area contributed by atoms with Crippen LogP contribution in [0, 0.1) is 0 Å². The van der Waals surface area contributed by atoms with Crippen molar-refractivity contribution in [1.29, 1.82) is 0 Å². The first-order valence-electron chi connectivity index (χ1n) is 8.73. The van der Waals surface area contributed by atoms with Crippen molar-refractivity contribution in [2.45, 2.75) is 51.2 Å². The standard InChI is InChI=1S/C19H23NO5/c1-3-24-18(23)13(2)20-11-10-19(9-8-17(20)22)12-15(21)14-6-4-5-7-16(14)25-19/h4-7,13H,3,8-12H2,1-2H3/t13-,19-/m1/s1. The van der Waals surface area contributed by atoms with E-state index in [0.717, 1.165) is 0 Å². The van der Waals surface area contributed by atoms with E-state index in [1.54, 1.807) is 30.9 Å². The minimum atomic E-state index is -0.676. The molecule has 2 heterocycles. The summed E-state index contributed by atoms with van der Waals surface area (Å²) in [4.78, 5) is 38.5. The highest BCUT2D eigenvalue weighted by Gasteiger charge is 2.44. The molecule has 25 heavy (non-hydrogen) atoms. The fourth-order valence-corrected chi connectivity index (χ4v) is 3.57. The second-order valence-electron chi connectivity index (χ2n) is 6.65. The molecule has 2 aliphatic heterocycles. The number of ether oxygens (including phenoxy) is 2. The first kappa shape index (κ1) is 17.5. The smallest absolute Gasteiger partial charge is 0.328 e. The Bertz CT molecular complexity index is 701. The summed E-state index contributed by atoms with van der Waals surface area (Å²) in [5, 5.41) is 0. The number of likely N-dealkylation sites (tertiary alicyclic amines) is 1. The zero-order valence-corrected chi connectivity index (χ0v) is 14.6. The summed E-state index contributed by atoms with van der Waals surface area (Å²) in [7, 11) is 0. The van der Waals surface area contributed by atoms with Crippen molar-refractivity contribution in [3.8, 4) is 5.75 Å². The van der Waals surface area contributed by atoms with Gasteiger partial charge < -0.3 is 14.4 Å². The lowest BCUT2D eigenvalue weighted by molar-refractivity contribution is -0.153. The zero-order valence-electron chi connectivity index (χ0n) is 14.6. The number of amides is 1. The number of Topliss-reactive ketones (excluding diaryl/α,β-unsaturated/α-hetero) is 1. The summed E-state index contributed by atoms with van der Waals surface area (Å²) < 4.78 is 11.2. The van der Waals surface area contributed by atoms with Crippen molar-refractivity contribution < 1.29 is 23.9 Å². The number of benzene rings is 1. The average Bonchev–Trinajstić information content (AvgIpc) is 2.74. The quantitative estimate of drug-likeness (QED) is 0.786. The average molecular weight is 345 g/mol. The van der Waals surface area contributed by atoms with Crippen molar-refractivity contribution in [1.82, 2.24) is 4.90 Å². The van der Waals surface area contributed by atoms with Crippen molar-refractivity contribution in [2.24, 2.45) is 0 Å². The Labute approximate surface area is 147 Å². The summed E-state index contributed by atoms with van der Waals surface area (Å²) in [6, 6.07) is 6.58. The maximum atomic E-state index is 12.5. The molecule has 134 valence electrons. The van der Waals surface area contributed by atoms with Crippen LogP contribution in [-0.4, -0.2) is 47.4 Å². The number of carbonyl (C=O) groups is 3. The number of ketones is 1. The normalized spacial score (nSPS) is 24.3. The monoisotopic (exact) mass is 345 g/mol. The maximum Gasteiger partial charge on any atom is 0.328 e. The molecule has 1 aromatic rings. The van der Waals surface area contributed by atoms with Gasteiger partial charge in [-0.05, 0) is 32.4 Å². The molecule has 1 spiro atoms. The lowest BCUT2D eigenvalue weighted by Gasteiger charge is -2.37. The van der Waals surface area contributed by atoms with E-state index in [2.05, 4.69) is 0 Å². The summed E-state index contributed by atoms with van der Waals surface area (Å²) >= 11 is 0. The van der Waals surface area contributed by atoms with Crippen LogP contribution in [-0.2, 0) is 14.3 Å². The minimum Gasteiger partial charge on any atom is -0.486 e. The highest BCUT2D eigenvalue weighted by molar-refractivity contribution is 6.00. The second-order valence-corrected chi connectivity index (χ2v) is 6.65. The Morgan fingerprint density at radius 2 is 2.08 bits per heavy atom. The van der Waals surface area contributed by atoms with Crippen molar-refractivity contribution in [2.75, 3.05) is 13.2 Å². The molecule has 6 nitrogen and oxygen atoms in total. The van der Waals surface area contributed by atoms with E-state index in [4.69, 9.17) is 9.47 Å². The maximum absolute atomic E-state index is 12.5. The van der Waals surface area contributed by atoms with Gasteiger partial charge in [-0.1, -0.05) is 12.1 Å². The van der Waals surface area contributed by atoms with Crippen LogP contribution >= 0.6 is 0 Å². The Morgan fingerprint density at radius 3 is 2.84 bits per heavy atom. The Kier molecular flexibility index (Phi) is 4.79. The highest BCUT2D eigenvalue weighted by Crippen LogP contribution is 2.39. The van der Waals surface area contributed by atoms with Gasteiger partial charge in [0.25, 0.3) is 0 Å². The number of hydrogen-bond donors (Lipinski definition) is 0. The number of esters is 1. The second kappa shape index (κ2) is 6.86. The van der Waals surface area contributed by atoms with Gasteiger partial charge in [-0.15, -0.1) is 0 Å². The van der Waals surface area contributed by atoms with Crippen molar-refractivity contribution in [3.05, 3.63) is 29.8 Å². The van der Waals surface area contributed by atoms with Gasteiger partial charge in [0, 0.05) is 19.4 Å². The van der Waals surface area contributed by atoms with Gasteiger partial charge in [-0.25, -0.2) is 4.79 Å². The van der Waals surface area contributed by atoms with E-state index in [1.165, 1.54) is 0 Å². The summed E-state index contributed by atoms with van der Waals surface area (Å²) in [6.07, 6.45) is 1.50. The van der Waals surface area contributed by atoms with E-state index in [0.29, 0.717) is 30.7 Å². The summed E-state index contributed by atoms with van der Waals surface area (Å²) in [5.41, 5.74) is -0.0787. The molecule has 0 radical (unpaired) electrons. The largest absolute Gasteiger partial charge is 0.486 e. The van der Waals surface area contributed by atoms with E-state index < -0.39 is 17.6 Å². The third-order valence-electron chi connectivity index (χ3n) is 5.02. The van der Waals surface area contributed by atoms with Crippen LogP contribution < -0.4 is 4.74 Å².